The van der Waals surface area contributed by atoms with Crippen LogP contribution in [-0.2, 0) is 4.74 Å². The summed E-state index contributed by atoms with van der Waals surface area (Å²) in [4.78, 5) is 0. The summed E-state index contributed by atoms with van der Waals surface area (Å²) in [6.07, 6.45) is 4.86. The molecule has 0 bridgehead atoms. The van der Waals surface area contributed by atoms with Gasteiger partial charge >= 0.3 is 0 Å². The second kappa shape index (κ2) is 7.33. The minimum Gasteiger partial charge on any atom is -0.388 e. The lowest BCUT2D eigenvalue weighted by molar-refractivity contribution is 0.0526. The zero-order valence-electron chi connectivity index (χ0n) is 11.6. The summed E-state index contributed by atoms with van der Waals surface area (Å²) < 4.78 is 5.59. The van der Waals surface area contributed by atoms with Crippen LogP contribution >= 0.6 is 0 Å². The lowest BCUT2D eigenvalue weighted by Gasteiger charge is -2.17. The van der Waals surface area contributed by atoms with Crippen molar-refractivity contribution in [2.75, 3.05) is 6.61 Å². The van der Waals surface area contributed by atoms with E-state index in [1.165, 1.54) is 6.42 Å². The fourth-order valence-corrected chi connectivity index (χ4v) is 2.28. The van der Waals surface area contributed by atoms with Gasteiger partial charge in [0.05, 0.1) is 6.10 Å². The molecule has 19 heavy (non-hydrogen) atoms. The summed E-state index contributed by atoms with van der Waals surface area (Å²) in [5, 5.41) is 9.99. The molecule has 1 aromatic rings. The molecule has 1 fully saturated rings. The summed E-state index contributed by atoms with van der Waals surface area (Å²) in [6, 6.07) is 7.89. The summed E-state index contributed by atoms with van der Waals surface area (Å²) in [6.45, 7) is 2.90. The third-order valence-electron chi connectivity index (χ3n) is 3.39. The van der Waals surface area contributed by atoms with Gasteiger partial charge in [-0.1, -0.05) is 37.3 Å². The van der Waals surface area contributed by atoms with Crippen molar-refractivity contribution in [2.24, 2.45) is 0 Å². The van der Waals surface area contributed by atoms with Crippen molar-refractivity contribution in [1.29, 1.82) is 0 Å². The van der Waals surface area contributed by atoms with E-state index in [1.54, 1.807) is 0 Å². The van der Waals surface area contributed by atoms with E-state index >= 15 is 0 Å². The fraction of sp³-hybridized carbons (Fsp3) is 0.529. The molecule has 0 spiro atoms. The average Bonchev–Trinajstić information content (AvgIpc) is 2.47. The first-order valence-electron chi connectivity index (χ1n) is 7.20. The standard InChI is InChI=1S/C17H22O2/c1-2-6-17(18)15-8-5-7-14(13-15)10-11-16-9-3-4-12-19-16/h5,7-8,13,16-18H,2-4,6,9,12H2,1H3. The van der Waals surface area contributed by atoms with Crippen LogP contribution in [0.15, 0.2) is 24.3 Å². The molecule has 2 heteroatoms. The number of ether oxygens (including phenoxy) is 1. The Morgan fingerprint density at radius 3 is 3.05 bits per heavy atom. The first kappa shape index (κ1) is 14.1. The number of aliphatic hydroxyl groups is 1. The second-order valence-electron chi connectivity index (χ2n) is 5.05. The zero-order chi connectivity index (χ0) is 13.5. The van der Waals surface area contributed by atoms with Crippen LogP contribution in [0.25, 0.3) is 0 Å². The minimum atomic E-state index is -0.377. The van der Waals surface area contributed by atoms with Crippen LogP contribution in [0.2, 0.25) is 0 Å². The van der Waals surface area contributed by atoms with Crippen molar-refractivity contribution >= 4 is 0 Å². The highest BCUT2D eigenvalue weighted by molar-refractivity contribution is 5.38. The van der Waals surface area contributed by atoms with Gasteiger partial charge in [-0.2, -0.15) is 0 Å². The molecule has 1 N–H and O–H groups in total. The Morgan fingerprint density at radius 2 is 2.32 bits per heavy atom. The molecule has 1 heterocycles. The highest BCUT2D eigenvalue weighted by Crippen LogP contribution is 2.19. The monoisotopic (exact) mass is 258 g/mol. The van der Waals surface area contributed by atoms with Crippen molar-refractivity contribution in [3.05, 3.63) is 35.4 Å². The van der Waals surface area contributed by atoms with Gasteiger partial charge in [-0.25, -0.2) is 0 Å². The molecule has 2 rings (SSSR count). The first-order valence-corrected chi connectivity index (χ1v) is 7.20. The largest absolute Gasteiger partial charge is 0.388 e. The quantitative estimate of drug-likeness (QED) is 0.842. The maximum atomic E-state index is 9.99. The molecule has 0 radical (unpaired) electrons. The van der Waals surface area contributed by atoms with Crippen LogP contribution in [-0.4, -0.2) is 17.8 Å². The Kier molecular flexibility index (Phi) is 5.44. The Hall–Kier alpha value is -1.30. The van der Waals surface area contributed by atoms with Crippen molar-refractivity contribution in [1.82, 2.24) is 0 Å². The number of rotatable bonds is 3. The summed E-state index contributed by atoms with van der Waals surface area (Å²) >= 11 is 0. The lowest BCUT2D eigenvalue weighted by Crippen LogP contribution is -2.16. The molecule has 2 atom stereocenters. The molecular formula is C17H22O2. The smallest absolute Gasteiger partial charge is 0.118 e. The number of benzene rings is 1. The van der Waals surface area contributed by atoms with Gasteiger partial charge in [-0.15, -0.1) is 0 Å². The van der Waals surface area contributed by atoms with Gasteiger partial charge in [0.25, 0.3) is 0 Å². The van der Waals surface area contributed by atoms with E-state index in [0.29, 0.717) is 0 Å². The molecule has 1 aliphatic heterocycles. The third kappa shape index (κ3) is 4.38. The Bertz CT molecular complexity index is 450. The van der Waals surface area contributed by atoms with Gasteiger partial charge in [0, 0.05) is 12.2 Å². The molecule has 102 valence electrons. The molecule has 1 saturated heterocycles. The average molecular weight is 258 g/mol. The summed E-state index contributed by atoms with van der Waals surface area (Å²) in [5.41, 5.74) is 1.92. The normalized spacial score (nSPS) is 20.4. The van der Waals surface area contributed by atoms with E-state index < -0.39 is 0 Å². The Balaban J connectivity index is 2.04. The van der Waals surface area contributed by atoms with E-state index in [-0.39, 0.29) is 12.2 Å². The van der Waals surface area contributed by atoms with E-state index in [2.05, 4.69) is 18.8 Å². The predicted octanol–water partition coefficient (Wildman–Crippen LogP) is 3.44. The van der Waals surface area contributed by atoms with Crippen molar-refractivity contribution in [3.8, 4) is 11.8 Å². The van der Waals surface area contributed by atoms with E-state index in [0.717, 1.165) is 43.4 Å². The maximum absolute atomic E-state index is 9.99. The second-order valence-corrected chi connectivity index (χ2v) is 5.05. The molecule has 0 aromatic heterocycles. The van der Waals surface area contributed by atoms with E-state index in [9.17, 15) is 5.11 Å². The van der Waals surface area contributed by atoms with Crippen LogP contribution in [0.1, 0.15) is 56.3 Å². The van der Waals surface area contributed by atoms with Gasteiger partial charge in [-0.3, -0.25) is 0 Å². The topological polar surface area (TPSA) is 29.5 Å². The summed E-state index contributed by atoms with van der Waals surface area (Å²) in [5.74, 6) is 6.35. The van der Waals surface area contributed by atoms with Crippen molar-refractivity contribution < 1.29 is 9.84 Å². The van der Waals surface area contributed by atoms with E-state index in [4.69, 9.17) is 4.74 Å². The molecule has 0 saturated carbocycles. The van der Waals surface area contributed by atoms with Crippen LogP contribution in [0.4, 0.5) is 0 Å². The van der Waals surface area contributed by atoms with Gasteiger partial charge < -0.3 is 9.84 Å². The molecule has 1 aromatic carbocycles. The van der Waals surface area contributed by atoms with Gasteiger partial charge in [-0.05, 0) is 43.4 Å². The predicted molar refractivity (Wildman–Crippen MR) is 76.8 cm³/mol. The minimum absolute atomic E-state index is 0.0815. The summed E-state index contributed by atoms with van der Waals surface area (Å²) in [7, 11) is 0. The third-order valence-corrected chi connectivity index (χ3v) is 3.39. The van der Waals surface area contributed by atoms with Crippen LogP contribution in [0.3, 0.4) is 0 Å². The lowest BCUT2D eigenvalue weighted by atomic mass is 10.0. The van der Waals surface area contributed by atoms with Crippen molar-refractivity contribution in [2.45, 2.75) is 51.2 Å². The molecule has 2 nitrogen and oxygen atoms in total. The maximum Gasteiger partial charge on any atom is 0.118 e. The highest BCUT2D eigenvalue weighted by Gasteiger charge is 2.10. The SMILES string of the molecule is CCCC(O)c1cccc(C#CC2CCCCO2)c1. The molecule has 1 aliphatic rings. The number of aliphatic hydroxyl groups excluding tert-OH is 1. The van der Waals surface area contributed by atoms with Crippen molar-refractivity contribution in [3.63, 3.8) is 0 Å². The Morgan fingerprint density at radius 1 is 1.42 bits per heavy atom. The molecular weight excluding hydrogens is 236 g/mol. The van der Waals surface area contributed by atoms with Gasteiger partial charge in [0.1, 0.15) is 6.10 Å². The number of hydrogen-bond donors (Lipinski definition) is 1. The van der Waals surface area contributed by atoms with Gasteiger partial charge in [0.15, 0.2) is 0 Å². The number of hydrogen-bond acceptors (Lipinski definition) is 2. The van der Waals surface area contributed by atoms with Crippen LogP contribution in [0.5, 0.6) is 0 Å². The molecule has 0 amide bonds. The Labute approximate surface area is 115 Å². The van der Waals surface area contributed by atoms with Crippen LogP contribution < -0.4 is 0 Å². The highest BCUT2D eigenvalue weighted by atomic mass is 16.5. The first-order chi connectivity index (χ1) is 9.29. The molecule has 2 unspecified atom stereocenters. The molecule has 0 aliphatic carbocycles. The fourth-order valence-electron chi connectivity index (χ4n) is 2.28. The van der Waals surface area contributed by atoms with Gasteiger partial charge in [0.2, 0.25) is 0 Å². The van der Waals surface area contributed by atoms with Crippen LogP contribution in [0, 0.1) is 11.8 Å². The zero-order valence-corrected chi connectivity index (χ0v) is 11.6. The van der Waals surface area contributed by atoms with E-state index in [1.807, 2.05) is 24.3 Å².